The second-order valence-electron chi connectivity index (χ2n) is 9.14. The van der Waals surface area contributed by atoms with Crippen molar-refractivity contribution in [1.82, 2.24) is 14.5 Å². The van der Waals surface area contributed by atoms with Crippen LogP contribution in [0.1, 0.15) is 28.4 Å². The van der Waals surface area contributed by atoms with E-state index >= 15 is 0 Å². The Morgan fingerprint density at radius 2 is 1.61 bits per heavy atom. The summed E-state index contributed by atoms with van der Waals surface area (Å²) in [7, 11) is 0. The van der Waals surface area contributed by atoms with Crippen LogP contribution in [0.5, 0.6) is 5.75 Å². The molecule has 2 aromatic carbocycles. The van der Waals surface area contributed by atoms with Gasteiger partial charge >= 0.3 is 0 Å². The molecule has 1 atom stereocenters. The number of pyridine rings is 2. The van der Waals surface area contributed by atoms with Gasteiger partial charge in [0.2, 0.25) is 0 Å². The highest BCUT2D eigenvalue weighted by atomic mass is 19.1. The molecule has 0 radical (unpaired) electrons. The van der Waals surface area contributed by atoms with E-state index in [9.17, 15) is 14.3 Å². The molecule has 184 valence electrons. The molecular weight excluding hydrogens is 455 g/mol. The highest BCUT2D eigenvalue weighted by Gasteiger charge is 2.31. The molecule has 0 unspecified atom stereocenters. The van der Waals surface area contributed by atoms with Gasteiger partial charge in [-0.1, -0.05) is 30.3 Å². The summed E-state index contributed by atoms with van der Waals surface area (Å²) in [4.78, 5) is 22.5. The molecule has 1 fully saturated rings. The lowest BCUT2D eigenvalue weighted by atomic mass is 9.96. The largest absolute Gasteiger partial charge is 0.507 e. The number of benzene rings is 2. The van der Waals surface area contributed by atoms with Gasteiger partial charge in [0.05, 0.1) is 18.2 Å². The SMILES string of the molecule is Cc1cc(O)c([C@H](c2ccncc2)N2CCN(c3ccc(F)cc3)CC2)c(=O)n1Cc1ccccc1. The van der Waals surface area contributed by atoms with E-state index in [1.165, 1.54) is 12.1 Å². The van der Waals surface area contributed by atoms with Crippen molar-refractivity contribution in [2.45, 2.75) is 19.5 Å². The minimum absolute atomic E-state index is 0.00425. The van der Waals surface area contributed by atoms with Crippen LogP contribution in [0.15, 0.2) is 90.0 Å². The fraction of sp³-hybridized carbons (Fsp3) is 0.241. The number of hydrogen-bond donors (Lipinski definition) is 1. The second kappa shape index (κ2) is 10.3. The molecule has 3 heterocycles. The molecule has 6 nitrogen and oxygen atoms in total. The molecule has 2 aromatic heterocycles. The Morgan fingerprint density at radius 1 is 0.944 bits per heavy atom. The maximum absolute atomic E-state index is 13.9. The van der Waals surface area contributed by atoms with Crippen LogP contribution in [-0.2, 0) is 6.54 Å². The molecule has 0 aliphatic carbocycles. The normalized spacial score (nSPS) is 15.1. The van der Waals surface area contributed by atoms with Crippen LogP contribution < -0.4 is 10.5 Å². The van der Waals surface area contributed by atoms with E-state index in [1.54, 1.807) is 35.2 Å². The third-order valence-electron chi connectivity index (χ3n) is 6.87. The number of aromatic nitrogens is 2. The van der Waals surface area contributed by atoms with Gasteiger partial charge in [0, 0.05) is 50.0 Å². The van der Waals surface area contributed by atoms with Gasteiger partial charge in [0.25, 0.3) is 5.56 Å². The summed E-state index contributed by atoms with van der Waals surface area (Å²) in [6.07, 6.45) is 3.43. The number of aryl methyl sites for hydroxylation is 1. The fourth-order valence-corrected chi connectivity index (χ4v) is 4.98. The molecule has 0 amide bonds. The first kappa shape index (κ1) is 23.8. The number of hydrogen-bond acceptors (Lipinski definition) is 5. The van der Waals surface area contributed by atoms with E-state index in [4.69, 9.17) is 0 Å². The van der Waals surface area contributed by atoms with E-state index in [0.29, 0.717) is 30.9 Å². The molecular formula is C29H29FN4O2. The van der Waals surface area contributed by atoms with Crippen LogP contribution in [0.25, 0.3) is 0 Å². The van der Waals surface area contributed by atoms with Crippen molar-refractivity contribution in [2.24, 2.45) is 0 Å². The molecule has 5 rings (SSSR count). The van der Waals surface area contributed by atoms with Crippen molar-refractivity contribution in [2.75, 3.05) is 31.1 Å². The van der Waals surface area contributed by atoms with E-state index in [2.05, 4.69) is 14.8 Å². The Hall–Kier alpha value is -3.97. The monoisotopic (exact) mass is 484 g/mol. The Bertz CT molecular complexity index is 1370. The van der Waals surface area contributed by atoms with Crippen molar-refractivity contribution in [3.05, 3.63) is 124 Å². The van der Waals surface area contributed by atoms with Crippen LogP contribution in [0, 0.1) is 12.7 Å². The Labute approximate surface area is 209 Å². The molecule has 4 aromatic rings. The van der Waals surface area contributed by atoms with Crippen LogP contribution in [0.4, 0.5) is 10.1 Å². The second-order valence-corrected chi connectivity index (χ2v) is 9.14. The van der Waals surface area contributed by atoms with E-state index in [0.717, 1.165) is 29.9 Å². The summed E-state index contributed by atoms with van der Waals surface area (Å²) in [5.74, 6) is -0.249. The summed E-state index contributed by atoms with van der Waals surface area (Å²) in [5, 5.41) is 11.1. The Kier molecular flexibility index (Phi) is 6.82. The average Bonchev–Trinajstić information content (AvgIpc) is 2.91. The van der Waals surface area contributed by atoms with E-state index < -0.39 is 6.04 Å². The molecule has 1 aliphatic heterocycles. The predicted molar refractivity (Wildman–Crippen MR) is 139 cm³/mol. The van der Waals surface area contributed by atoms with Gasteiger partial charge in [0.1, 0.15) is 11.6 Å². The number of nitrogens with zero attached hydrogens (tertiary/aromatic N) is 4. The average molecular weight is 485 g/mol. The molecule has 0 saturated carbocycles. The van der Waals surface area contributed by atoms with Crippen molar-refractivity contribution in [3.8, 4) is 5.75 Å². The number of piperazine rings is 1. The van der Waals surface area contributed by atoms with E-state index in [1.807, 2.05) is 49.4 Å². The fourth-order valence-electron chi connectivity index (χ4n) is 4.98. The lowest BCUT2D eigenvalue weighted by Gasteiger charge is -2.40. The summed E-state index contributed by atoms with van der Waals surface area (Å²) >= 11 is 0. The highest BCUT2D eigenvalue weighted by Crippen LogP contribution is 2.33. The van der Waals surface area contributed by atoms with Gasteiger partial charge in [-0.05, 0) is 60.5 Å². The Balaban J connectivity index is 1.50. The van der Waals surface area contributed by atoms with Gasteiger partial charge in [0.15, 0.2) is 0 Å². The van der Waals surface area contributed by atoms with Gasteiger partial charge < -0.3 is 14.6 Å². The van der Waals surface area contributed by atoms with Crippen LogP contribution in [0.2, 0.25) is 0 Å². The molecule has 0 bridgehead atoms. The first-order chi connectivity index (χ1) is 17.5. The minimum Gasteiger partial charge on any atom is -0.507 e. The topological polar surface area (TPSA) is 61.6 Å². The molecule has 1 aliphatic rings. The van der Waals surface area contributed by atoms with Crippen molar-refractivity contribution < 1.29 is 9.50 Å². The maximum atomic E-state index is 13.9. The number of halogens is 1. The number of rotatable bonds is 6. The lowest BCUT2D eigenvalue weighted by Crippen LogP contribution is -2.49. The third kappa shape index (κ3) is 4.88. The molecule has 36 heavy (non-hydrogen) atoms. The van der Waals surface area contributed by atoms with Crippen LogP contribution >= 0.6 is 0 Å². The Morgan fingerprint density at radius 3 is 2.28 bits per heavy atom. The zero-order valence-electron chi connectivity index (χ0n) is 20.2. The minimum atomic E-state index is -0.418. The number of aromatic hydroxyl groups is 1. The maximum Gasteiger partial charge on any atom is 0.259 e. The summed E-state index contributed by atoms with van der Waals surface area (Å²) in [6.45, 7) is 5.07. The smallest absolute Gasteiger partial charge is 0.259 e. The highest BCUT2D eigenvalue weighted by molar-refractivity contribution is 5.47. The zero-order chi connectivity index (χ0) is 25.1. The molecule has 7 heteroatoms. The first-order valence-corrected chi connectivity index (χ1v) is 12.1. The first-order valence-electron chi connectivity index (χ1n) is 12.1. The summed E-state index contributed by atoms with van der Waals surface area (Å²) < 4.78 is 15.1. The van der Waals surface area contributed by atoms with Gasteiger partial charge in [-0.3, -0.25) is 14.7 Å². The predicted octanol–water partition coefficient (Wildman–Crippen LogP) is 4.36. The third-order valence-corrected chi connectivity index (χ3v) is 6.87. The summed E-state index contributed by atoms with van der Waals surface area (Å²) in [5.41, 5.74) is 3.78. The van der Waals surface area contributed by atoms with Crippen molar-refractivity contribution >= 4 is 5.69 Å². The van der Waals surface area contributed by atoms with Crippen molar-refractivity contribution in [1.29, 1.82) is 0 Å². The molecule has 0 spiro atoms. The van der Waals surface area contributed by atoms with E-state index in [-0.39, 0.29) is 17.1 Å². The van der Waals surface area contributed by atoms with Gasteiger partial charge in [-0.15, -0.1) is 0 Å². The van der Waals surface area contributed by atoms with Crippen LogP contribution in [-0.4, -0.2) is 45.7 Å². The molecule has 1 N–H and O–H groups in total. The van der Waals surface area contributed by atoms with Gasteiger partial charge in [-0.2, -0.15) is 0 Å². The molecule has 1 saturated heterocycles. The summed E-state index contributed by atoms with van der Waals surface area (Å²) in [6, 6.07) is 21.4. The number of anilines is 1. The quantitative estimate of drug-likeness (QED) is 0.441. The zero-order valence-corrected chi connectivity index (χ0v) is 20.2. The van der Waals surface area contributed by atoms with Gasteiger partial charge in [-0.25, -0.2) is 4.39 Å². The standard InChI is InChI=1S/C29H29FN4O2/c1-21-19-26(35)27(29(36)34(21)20-22-5-3-2-4-6-22)28(23-11-13-31-14-12-23)33-17-15-32(16-18-33)25-9-7-24(30)8-10-25/h2-14,19,28,35H,15-18,20H2,1H3/t28-/m0/s1. The van der Waals surface area contributed by atoms with Crippen LogP contribution in [0.3, 0.4) is 0 Å². The van der Waals surface area contributed by atoms with Crippen molar-refractivity contribution in [3.63, 3.8) is 0 Å². The lowest BCUT2D eigenvalue weighted by molar-refractivity contribution is 0.207.